The lowest BCUT2D eigenvalue weighted by Gasteiger charge is -2.43. The molecule has 228 valence electrons. The molecule has 1 saturated heterocycles. The topological polar surface area (TPSA) is 97.7 Å². The van der Waals surface area contributed by atoms with Crippen LogP contribution >= 0.6 is 34.7 Å². The number of para-hydroxylation sites is 1. The minimum atomic E-state index is -0.387. The van der Waals surface area contributed by atoms with Crippen LogP contribution in [0.4, 0.5) is 11.4 Å². The quantitative estimate of drug-likeness (QED) is 0.260. The van der Waals surface area contributed by atoms with Crippen LogP contribution in [0, 0.1) is 29.6 Å². The largest absolute Gasteiger partial charge is 0.497 e. The van der Waals surface area contributed by atoms with Crippen LogP contribution in [0.2, 0.25) is 5.02 Å². The Bertz CT molecular complexity index is 1890. The summed E-state index contributed by atoms with van der Waals surface area (Å²) in [5.74, 6) is -0.695. The number of imide groups is 1. The van der Waals surface area contributed by atoms with Crippen molar-refractivity contribution in [2.24, 2.45) is 29.6 Å². The predicted octanol–water partition coefficient (Wildman–Crippen LogP) is 5.89. The van der Waals surface area contributed by atoms with Crippen molar-refractivity contribution in [2.45, 2.75) is 29.2 Å². The van der Waals surface area contributed by atoms with Crippen molar-refractivity contribution in [3.63, 3.8) is 0 Å². The Morgan fingerprint density at radius 1 is 0.933 bits per heavy atom. The molecule has 4 aliphatic rings. The highest BCUT2D eigenvalue weighted by Crippen LogP contribution is 2.69. The molecule has 45 heavy (non-hydrogen) atoms. The molecule has 3 heterocycles. The smallest absolute Gasteiger partial charge is 0.308 e. The second kappa shape index (κ2) is 10.9. The van der Waals surface area contributed by atoms with Gasteiger partial charge in [-0.2, -0.15) is 0 Å². The fourth-order valence-electron chi connectivity index (χ4n) is 8.15. The molecule has 7 unspecified atom stereocenters. The van der Waals surface area contributed by atoms with Gasteiger partial charge in [0.1, 0.15) is 12.3 Å². The van der Waals surface area contributed by atoms with E-state index < -0.39 is 0 Å². The third kappa shape index (κ3) is 4.48. The molecule has 3 amide bonds. The molecule has 11 heteroatoms. The molecule has 0 spiro atoms. The van der Waals surface area contributed by atoms with Crippen LogP contribution in [0.3, 0.4) is 0 Å². The van der Waals surface area contributed by atoms with Crippen molar-refractivity contribution < 1.29 is 19.1 Å². The molecule has 0 radical (unpaired) electrons. The SMILES string of the molecule is COc1ccc(C2c3sc(=O)n(CC(=O)Nc4ccc(Cl)cc4)c3SC3C4CC(C5C(=O)N(c6ccccc6)C(=O)C45)C23)cc1. The zero-order valence-corrected chi connectivity index (χ0v) is 26.5. The van der Waals surface area contributed by atoms with Crippen molar-refractivity contribution in [3.05, 3.63) is 104 Å². The molecule has 2 aliphatic heterocycles. The van der Waals surface area contributed by atoms with Crippen LogP contribution in [-0.2, 0) is 20.9 Å². The molecule has 7 atom stereocenters. The minimum Gasteiger partial charge on any atom is -0.497 e. The average molecular weight is 658 g/mol. The van der Waals surface area contributed by atoms with Gasteiger partial charge in [-0.05, 0) is 78.3 Å². The fourth-order valence-corrected chi connectivity index (χ4v) is 11.4. The molecule has 2 bridgehead atoms. The Hall–Kier alpha value is -3.86. The monoisotopic (exact) mass is 657 g/mol. The Morgan fingerprint density at radius 2 is 1.62 bits per heavy atom. The van der Waals surface area contributed by atoms with E-state index in [1.807, 2.05) is 54.6 Å². The third-order valence-electron chi connectivity index (χ3n) is 9.87. The van der Waals surface area contributed by atoms with Gasteiger partial charge in [0.05, 0.1) is 29.7 Å². The third-order valence-corrected chi connectivity index (χ3v) is 12.9. The number of ether oxygens (including phenoxy) is 1. The van der Waals surface area contributed by atoms with Gasteiger partial charge < -0.3 is 10.1 Å². The number of anilines is 2. The molecular formula is C34H28ClN3O5S2. The highest BCUT2D eigenvalue weighted by Gasteiger charge is 2.69. The highest BCUT2D eigenvalue weighted by molar-refractivity contribution is 8.00. The van der Waals surface area contributed by atoms with E-state index in [0.717, 1.165) is 27.6 Å². The zero-order valence-electron chi connectivity index (χ0n) is 24.1. The normalized spacial score (nSPS) is 27.7. The van der Waals surface area contributed by atoms with Crippen LogP contribution in [0.5, 0.6) is 5.75 Å². The number of thioether (sulfide) groups is 1. The molecule has 1 N–H and O–H groups in total. The Balaban J connectivity index is 1.18. The van der Waals surface area contributed by atoms with Crippen LogP contribution in [0.25, 0.3) is 0 Å². The summed E-state index contributed by atoms with van der Waals surface area (Å²) in [6.45, 7) is -0.133. The van der Waals surface area contributed by atoms with Gasteiger partial charge in [0, 0.05) is 26.8 Å². The van der Waals surface area contributed by atoms with E-state index in [1.165, 1.54) is 16.2 Å². The number of hydrogen-bond donors (Lipinski definition) is 1. The number of nitrogens with zero attached hydrogens (tertiary/aromatic N) is 2. The first-order valence-electron chi connectivity index (χ1n) is 14.9. The Morgan fingerprint density at radius 3 is 2.31 bits per heavy atom. The van der Waals surface area contributed by atoms with Crippen molar-refractivity contribution in [2.75, 3.05) is 17.3 Å². The van der Waals surface area contributed by atoms with Gasteiger partial charge in [0.15, 0.2) is 0 Å². The average Bonchev–Trinajstić information content (AvgIpc) is 3.77. The maximum absolute atomic E-state index is 14.0. The van der Waals surface area contributed by atoms with Gasteiger partial charge >= 0.3 is 4.87 Å². The molecular weight excluding hydrogens is 630 g/mol. The van der Waals surface area contributed by atoms with E-state index in [0.29, 0.717) is 16.4 Å². The molecule has 3 aromatic carbocycles. The molecule has 8 rings (SSSR count). The Labute approximate surface area is 272 Å². The maximum atomic E-state index is 14.0. The van der Waals surface area contributed by atoms with E-state index in [-0.39, 0.29) is 69.9 Å². The predicted molar refractivity (Wildman–Crippen MR) is 174 cm³/mol. The second-order valence-electron chi connectivity index (χ2n) is 12.1. The minimum absolute atomic E-state index is 0.00164. The molecule has 3 fully saturated rings. The lowest BCUT2D eigenvalue weighted by molar-refractivity contribution is -0.123. The molecule has 2 saturated carbocycles. The van der Waals surface area contributed by atoms with Crippen molar-refractivity contribution in [1.82, 2.24) is 4.57 Å². The van der Waals surface area contributed by atoms with Gasteiger partial charge in [-0.1, -0.05) is 53.3 Å². The zero-order chi connectivity index (χ0) is 31.0. The summed E-state index contributed by atoms with van der Waals surface area (Å²) < 4.78 is 7.00. The number of hydrogen-bond acceptors (Lipinski definition) is 7. The van der Waals surface area contributed by atoms with Crippen LogP contribution in [0.15, 0.2) is 88.7 Å². The van der Waals surface area contributed by atoms with Gasteiger partial charge in [-0.3, -0.25) is 28.6 Å². The van der Waals surface area contributed by atoms with Crippen LogP contribution < -0.4 is 19.8 Å². The first-order valence-corrected chi connectivity index (χ1v) is 16.9. The lowest BCUT2D eigenvalue weighted by Crippen LogP contribution is -2.43. The summed E-state index contributed by atoms with van der Waals surface area (Å²) >= 11 is 8.79. The number of rotatable bonds is 6. The number of fused-ring (bicyclic) bond motifs is 9. The summed E-state index contributed by atoms with van der Waals surface area (Å²) in [7, 11) is 1.62. The number of carbonyl (C=O) groups is 3. The summed E-state index contributed by atoms with van der Waals surface area (Å²) in [6.07, 6.45) is 0.792. The standard InChI is InChI=1S/C34H28ClN3O5S2/c1-43-21-13-7-17(8-14-21)25-26-22-15-23(28-27(22)31(40)38(32(28)41)20-5-3-2-4-6-20)29(26)44-33-30(25)45-34(42)37(33)16-24(39)36-19-11-9-18(35)10-12-19/h2-14,22-23,25-29H,15-16H2,1H3,(H,36,39). The summed E-state index contributed by atoms with van der Waals surface area (Å²) in [5, 5.41) is 4.23. The lowest BCUT2D eigenvalue weighted by atomic mass is 9.68. The number of nitrogens with one attached hydrogen (secondary N) is 1. The van der Waals surface area contributed by atoms with E-state index >= 15 is 0 Å². The van der Waals surface area contributed by atoms with Gasteiger partial charge in [0.25, 0.3) is 0 Å². The number of carbonyl (C=O) groups excluding carboxylic acids is 3. The summed E-state index contributed by atoms with van der Waals surface area (Å²) in [5.41, 5.74) is 2.24. The van der Waals surface area contributed by atoms with Gasteiger partial charge in [0.2, 0.25) is 17.7 Å². The molecule has 1 aromatic heterocycles. The number of amides is 3. The second-order valence-corrected chi connectivity index (χ2v) is 14.6. The van der Waals surface area contributed by atoms with E-state index in [2.05, 4.69) is 5.32 Å². The molecule has 2 aliphatic carbocycles. The Kier molecular flexibility index (Phi) is 6.92. The number of aromatic nitrogens is 1. The number of halogens is 1. The van der Waals surface area contributed by atoms with Crippen molar-refractivity contribution >= 4 is 63.8 Å². The van der Waals surface area contributed by atoms with Gasteiger partial charge in [-0.25, -0.2) is 0 Å². The highest BCUT2D eigenvalue weighted by atomic mass is 35.5. The first-order chi connectivity index (χ1) is 21.8. The van der Waals surface area contributed by atoms with E-state index in [9.17, 15) is 19.2 Å². The molecule has 8 nitrogen and oxygen atoms in total. The number of methoxy groups -OCH3 is 1. The maximum Gasteiger partial charge on any atom is 0.308 e. The fraction of sp³-hybridized carbons (Fsp3) is 0.294. The number of thiazole rings is 1. The summed E-state index contributed by atoms with van der Waals surface area (Å²) in [4.78, 5) is 56.7. The van der Waals surface area contributed by atoms with Gasteiger partial charge in [-0.15, -0.1) is 11.8 Å². The first kappa shape index (κ1) is 28.6. The van der Waals surface area contributed by atoms with E-state index in [4.69, 9.17) is 16.3 Å². The van der Waals surface area contributed by atoms with Crippen molar-refractivity contribution in [3.8, 4) is 5.75 Å². The van der Waals surface area contributed by atoms with Crippen molar-refractivity contribution in [1.29, 1.82) is 0 Å². The van der Waals surface area contributed by atoms with Crippen LogP contribution in [-0.4, -0.2) is 34.6 Å². The van der Waals surface area contributed by atoms with E-state index in [1.54, 1.807) is 47.7 Å². The molecule has 4 aromatic rings. The summed E-state index contributed by atoms with van der Waals surface area (Å²) in [6, 6.07) is 23.9. The van der Waals surface area contributed by atoms with Crippen LogP contribution in [0.1, 0.15) is 22.8 Å². The number of benzene rings is 3.